The van der Waals surface area contributed by atoms with Crippen LogP contribution in [0.1, 0.15) is 6.92 Å². The molecule has 0 saturated carbocycles. The number of rotatable bonds is 1. The van der Waals surface area contributed by atoms with Crippen LogP contribution in [0.15, 0.2) is 0 Å². The second-order valence-corrected chi connectivity index (χ2v) is 1.76. The van der Waals surface area contributed by atoms with Crippen LogP contribution in [-0.4, -0.2) is 10.3 Å². The predicted octanol–water partition coefficient (Wildman–Crippen LogP) is 0.232. The molecule has 0 atom stereocenters. The molecule has 0 saturated heterocycles. The molecule has 0 aromatic carbocycles. The van der Waals surface area contributed by atoms with Crippen molar-refractivity contribution in [2.24, 2.45) is 0 Å². The van der Waals surface area contributed by atoms with Crippen LogP contribution in [0.5, 0.6) is 0 Å². The van der Waals surface area contributed by atoms with Crippen LogP contribution in [0, 0.1) is 0 Å². The summed E-state index contributed by atoms with van der Waals surface area (Å²) in [5, 5.41) is 0. The minimum atomic E-state index is 0.769. The van der Waals surface area contributed by atoms with Crippen molar-refractivity contribution < 1.29 is 0 Å². The quantitative estimate of drug-likeness (QED) is 0.442. The van der Waals surface area contributed by atoms with Crippen molar-refractivity contribution in [2.75, 3.05) is 6.54 Å². The summed E-state index contributed by atoms with van der Waals surface area (Å²) >= 11 is 8.86. The second-order valence-electron chi connectivity index (χ2n) is 0.649. The zero-order valence-corrected chi connectivity index (χ0v) is 4.60. The molecule has 5 heavy (non-hydrogen) atoms. The minimum absolute atomic E-state index is 0.769. The fourth-order valence-corrected chi connectivity index (χ4v) is 0. The van der Waals surface area contributed by atoms with Gasteiger partial charge in [-0.25, -0.2) is 0 Å². The van der Waals surface area contributed by atoms with Gasteiger partial charge in [0.25, 0.3) is 0 Å². The molecule has 0 spiro atoms. The van der Waals surface area contributed by atoms with Gasteiger partial charge in [0.05, 0.1) is 0 Å². The number of hydrogen-bond donors (Lipinski definition) is 0. The van der Waals surface area contributed by atoms with Crippen molar-refractivity contribution in [3.05, 3.63) is 0 Å². The van der Waals surface area contributed by atoms with Crippen LogP contribution < -0.4 is 0 Å². The molecule has 0 aliphatic heterocycles. The molecule has 3 heteroatoms. The Balaban J connectivity index is 2.54. The van der Waals surface area contributed by atoms with Crippen molar-refractivity contribution >= 4 is 25.6 Å². The highest BCUT2D eigenvalue weighted by atomic mass is 32.2. The summed E-state index contributed by atoms with van der Waals surface area (Å²) < 4.78 is 1.29. The third-order valence-electron chi connectivity index (χ3n) is 0.258. The van der Waals surface area contributed by atoms with Gasteiger partial charge < -0.3 is 29.3 Å². The second kappa shape index (κ2) is 2.87. The van der Waals surface area contributed by atoms with Crippen molar-refractivity contribution in [1.82, 2.24) is 3.71 Å². The molecule has 0 aliphatic rings. The minimum Gasteiger partial charge on any atom is -0.731 e. The van der Waals surface area contributed by atoms with E-state index >= 15 is 0 Å². The van der Waals surface area contributed by atoms with Gasteiger partial charge in [-0.2, -0.15) is 0 Å². The van der Waals surface area contributed by atoms with E-state index in [0.717, 1.165) is 6.54 Å². The Kier molecular flexibility index (Phi) is 3.25. The standard InChI is InChI=1S/C2H5NS2/c1-2-3(4)5/h2H2,1H3/q-2. The maximum atomic E-state index is 4.43. The highest BCUT2D eigenvalue weighted by molar-refractivity contribution is 7.72. The van der Waals surface area contributed by atoms with Gasteiger partial charge in [-0.1, -0.05) is 6.92 Å². The molecule has 0 heterocycles. The summed E-state index contributed by atoms with van der Waals surface area (Å²) in [6.45, 7) is 2.69. The van der Waals surface area contributed by atoms with Gasteiger partial charge in [-0.3, -0.25) is 0 Å². The van der Waals surface area contributed by atoms with E-state index in [1.807, 2.05) is 6.92 Å². The van der Waals surface area contributed by atoms with Gasteiger partial charge in [0.1, 0.15) is 0 Å². The first-order chi connectivity index (χ1) is 2.27. The summed E-state index contributed by atoms with van der Waals surface area (Å²) in [5.41, 5.74) is 0. The van der Waals surface area contributed by atoms with Crippen LogP contribution in [-0.2, 0) is 25.6 Å². The molecule has 0 unspecified atom stereocenters. The summed E-state index contributed by atoms with van der Waals surface area (Å²) in [5.74, 6) is 0. The van der Waals surface area contributed by atoms with Crippen LogP contribution in [0.3, 0.4) is 0 Å². The molecule has 0 amide bonds. The average molecular weight is 107 g/mol. The lowest BCUT2D eigenvalue weighted by Crippen LogP contribution is -2.03. The van der Waals surface area contributed by atoms with E-state index in [9.17, 15) is 0 Å². The third-order valence-corrected chi connectivity index (χ3v) is 0.775. The molecule has 0 fully saturated rings. The van der Waals surface area contributed by atoms with Gasteiger partial charge in [-0.15, -0.1) is 0 Å². The molecule has 0 radical (unpaired) electrons. The zero-order valence-electron chi connectivity index (χ0n) is 2.97. The Bertz CT molecular complexity index is 21.6. The molecule has 0 bridgehead atoms. The zero-order chi connectivity index (χ0) is 4.28. The van der Waals surface area contributed by atoms with E-state index in [0.29, 0.717) is 0 Å². The molecular weight excluding hydrogens is 102 g/mol. The van der Waals surface area contributed by atoms with E-state index in [4.69, 9.17) is 0 Å². The highest BCUT2D eigenvalue weighted by Crippen LogP contribution is 1.68. The summed E-state index contributed by atoms with van der Waals surface area (Å²) in [7, 11) is 0. The fraction of sp³-hybridized carbons (Fsp3) is 1.00. The number of hydrogen-bond acceptors (Lipinski definition) is 3. The van der Waals surface area contributed by atoms with Gasteiger partial charge in [-0.05, 0) is 6.54 Å². The summed E-state index contributed by atoms with van der Waals surface area (Å²) in [6.07, 6.45) is 0. The first-order valence-electron chi connectivity index (χ1n) is 1.39. The highest BCUT2D eigenvalue weighted by Gasteiger charge is 1.48. The van der Waals surface area contributed by atoms with Crippen molar-refractivity contribution in [2.45, 2.75) is 6.92 Å². The van der Waals surface area contributed by atoms with Gasteiger partial charge in [0.15, 0.2) is 0 Å². The van der Waals surface area contributed by atoms with E-state index < -0.39 is 0 Å². The Morgan fingerprint density at radius 2 is 1.80 bits per heavy atom. The van der Waals surface area contributed by atoms with E-state index in [1.165, 1.54) is 3.71 Å². The monoisotopic (exact) mass is 107 g/mol. The van der Waals surface area contributed by atoms with Crippen LogP contribution >= 0.6 is 0 Å². The Morgan fingerprint density at radius 1 is 1.60 bits per heavy atom. The fourth-order valence-electron chi connectivity index (χ4n) is 0. The lowest BCUT2D eigenvalue weighted by molar-refractivity contribution is 0.802. The molecular formula is C2H5NS2-2. The molecule has 0 aliphatic carbocycles. The summed E-state index contributed by atoms with van der Waals surface area (Å²) in [4.78, 5) is 0. The lowest BCUT2D eigenvalue weighted by Gasteiger charge is -2.35. The Morgan fingerprint density at radius 3 is 1.80 bits per heavy atom. The maximum absolute atomic E-state index is 4.43. The molecule has 0 rings (SSSR count). The molecule has 0 aromatic heterocycles. The van der Waals surface area contributed by atoms with Crippen molar-refractivity contribution in [1.29, 1.82) is 0 Å². The maximum Gasteiger partial charge on any atom is -0.0471 e. The molecule has 1 nitrogen and oxygen atoms in total. The molecule has 0 aromatic rings. The summed E-state index contributed by atoms with van der Waals surface area (Å²) in [6, 6.07) is 0. The Hall–Kier alpha value is 0.660. The van der Waals surface area contributed by atoms with Crippen LogP contribution in [0.25, 0.3) is 0 Å². The first-order valence-corrected chi connectivity index (χ1v) is 2.12. The van der Waals surface area contributed by atoms with E-state index in [-0.39, 0.29) is 0 Å². The van der Waals surface area contributed by atoms with E-state index in [1.54, 1.807) is 0 Å². The predicted molar refractivity (Wildman–Crippen MR) is 27.1 cm³/mol. The van der Waals surface area contributed by atoms with Gasteiger partial charge in [0, 0.05) is 0 Å². The van der Waals surface area contributed by atoms with E-state index in [2.05, 4.69) is 25.6 Å². The topological polar surface area (TPSA) is 3.24 Å². The normalized spacial score (nSPS) is 9.60. The molecule has 0 N–H and O–H groups in total. The van der Waals surface area contributed by atoms with Gasteiger partial charge in [0.2, 0.25) is 0 Å². The Labute approximate surface area is 43.4 Å². The first kappa shape index (κ1) is 5.66. The lowest BCUT2D eigenvalue weighted by atomic mass is 10.8. The van der Waals surface area contributed by atoms with Crippen LogP contribution in [0.2, 0.25) is 0 Å². The van der Waals surface area contributed by atoms with Crippen molar-refractivity contribution in [3.8, 4) is 0 Å². The third kappa shape index (κ3) is 4.66. The molecule has 32 valence electrons. The van der Waals surface area contributed by atoms with Gasteiger partial charge >= 0.3 is 0 Å². The van der Waals surface area contributed by atoms with Crippen LogP contribution in [0.4, 0.5) is 0 Å². The SMILES string of the molecule is CCN([S-])[S-]. The van der Waals surface area contributed by atoms with Crippen molar-refractivity contribution in [3.63, 3.8) is 0 Å². The largest absolute Gasteiger partial charge is 0.731 e. The smallest absolute Gasteiger partial charge is 0.0471 e. The number of nitrogens with zero attached hydrogens (tertiary/aromatic N) is 1. The average Bonchev–Trinajstić information content (AvgIpc) is 1.38.